The van der Waals surface area contributed by atoms with Crippen LogP contribution in [-0.2, 0) is 18.3 Å². The normalized spacial score (nSPS) is 18.1. The third-order valence-electron chi connectivity index (χ3n) is 8.68. The second kappa shape index (κ2) is 9.20. The van der Waals surface area contributed by atoms with Crippen molar-refractivity contribution in [1.29, 1.82) is 0 Å². The van der Waals surface area contributed by atoms with Gasteiger partial charge >= 0.3 is 0 Å². The number of fused-ring (bicyclic) bond motifs is 1. The average molecular weight is 554 g/mol. The Balaban J connectivity index is 1.61. The zero-order valence-electron chi connectivity index (χ0n) is 26.3. The van der Waals surface area contributed by atoms with E-state index in [4.69, 9.17) is 19.7 Å². The predicted molar refractivity (Wildman–Crippen MR) is 165 cm³/mol. The van der Waals surface area contributed by atoms with Gasteiger partial charge in [-0.3, -0.25) is 0 Å². The van der Waals surface area contributed by atoms with E-state index in [1.165, 1.54) is 27.9 Å². The number of benzene rings is 2. The van der Waals surface area contributed by atoms with Crippen LogP contribution in [0.2, 0.25) is 0 Å². The zero-order chi connectivity index (χ0) is 29.5. The monoisotopic (exact) mass is 553 g/mol. The molecule has 0 radical (unpaired) electrons. The van der Waals surface area contributed by atoms with Gasteiger partial charge in [0.25, 0.3) is 0 Å². The van der Waals surface area contributed by atoms with E-state index in [0.717, 1.165) is 53.8 Å². The van der Waals surface area contributed by atoms with E-state index in [0.29, 0.717) is 11.6 Å². The standard InChI is InChI=1S/C34H43N5O2/c1-20-21(13-22-16-33(5,6)18-38-19-34(7,8)17-26(20)28(22)38)14-25-29(32(2,3)4)37-39-30(35-36-31(25)39)24-15-23(40-9)11-12-27(24)41-10/h11-15H,16-19H2,1-10H3/b25-14-. The maximum absolute atomic E-state index is 5.68. The minimum atomic E-state index is -0.195. The SMILES string of the molecule is COc1ccc(OC)c(-c2nnc3/c(=C\c4cc5c6c(c4C)CC(C)(C)CN6CC(C)(C)C5)c(C(C)(C)C)nn23)c1. The van der Waals surface area contributed by atoms with E-state index in [1.54, 1.807) is 14.2 Å². The molecule has 0 N–H and O–H groups in total. The predicted octanol–water partition coefficient (Wildman–Crippen LogP) is 5.93. The number of ether oxygens (including phenoxy) is 2. The first-order valence-corrected chi connectivity index (χ1v) is 14.6. The summed E-state index contributed by atoms with van der Waals surface area (Å²) in [6.07, 6.45) is 4.48. The van der Waals surface area contributed by atoms with Crippen molar-refractivity contribution >= 4 is 17.4 Å². The molecule has 2 aromatic heterocycles. The van der Waals surface area contributed by atoms with E-state index in [9.17, 15) is 0 Å². The highest BCUT2D eigenvalue weighted by atomic mass is 16.5. The van der Waals surface area contributed by atoms with Crippen LogP contribution in [0, 0.1) is 17.8 Å². The molecule has 0 saturated heterocycles. The van der Waals surface area contributed by atoms with E-state index >= 15 is 0 Å². The van der Waals surface area contributed by atoms with Crippen molar-refractivity contribution in [3.8, 4) is 22.9 Å². The summed E-state index contributed by atoms with van der Waals surface area (Å²) in [7, 11) is 3.32. The Morgan fingerprint density at radius 3 is 2.29 bits per heavy atom. The van der Waals surface area contributed by atoms with Crippen LogP contribution in [0.4, 0.5) is 5.69 Å². The van der Waals surface area contributed by atoms with Crippen LogP contribution in [0.1, 0.15) is 76.4 Å². The zero-order valence-corrected chi connectivity index (χ0v) is 26.3. The minimum Gasteiger partial charge on any atom is -0.497 e. The Kier molecular flexibility index (Phi) is 6.18. The van der Waals surface area contributed by atoms with Gasteiger partial charge < -0.3 is 14.4 Å². The van der Waals surface area contributed by atoms with Gasteiger partial charge in [-0.25, -0.2) is 0 Å². The van der Waals surface area contributed by atoms with E-state index in [1.807, 2.05) is 22.7 Å². The molecule has 4 aromatic rings. The van der Waals surface area contributed by atoms with Crippen LogP contribution < -0.4 is 19.6 Å². The number of anilines is 1. The van der Waals surface area contributed by atoms with Crippen LogP contribution in [0.3, 0.4) is 0 Å². The van der Waals surface area contributed by atoms with Crippen LogP contribution in [0.5, 0.6) is 11.5 Å². The van der Waals surface area contributed by atoms with Crippen molar-refractivity contribution in [3.63, 3.8) is 0 Å². The fourth-order valence-electron chi connectivity index (χ4n) is 6.96. The average Bonchev–Trinajstić information content (AvgIpc) is 3.45. The Morgan fingerprint density at radius 1 is 0.927 bits per heavy atom. The molecule has 41 heavy (non-hydrogen) atoms. The Labute approximate surface area is 243 Å². The summed E-state index contributed by atoms with van der Waals surface area (Å²) in [5.41, 5.74) is 9.85. The Hall–Kier alpha value is -3.61. The smallest absolute Gasteiger partial charge is 0.189 e. The molecule has 2 aliphatic rings. The lowest BCUT2D eigenvalue weighted by Gasteiger charge is -2.49. The number of hydrogen-bond donors (Lipinski definition) is 0. The topological polar surface area (TPSA) is 64.8 Å². The van der Waals surface area contributed by atoms with Crippen molar-refractivity contribution in [2.45, 2.75) is 73.6 Å². The van der Waals surface area contributed by atoms with Crippen molar-refractivity contribution in [3.05, 3.63) is 57.4 Å². The van der Waals surface area contributed by atoms with Crippen LogP contribution in [0.15, 0.2) is 24.3 Å². The highest BCUT2D eigenvalue weighted by molar-refractivity contribution is 5.74. The lowest BCUT2D eigenvalue weighted by molar-refractivity contribution is 0.288. The second-order valence-electron chi connectivity index (χ2n) is 14.6. The molecule has 0 saturated carbocycles. The molecule has 2 aromatic carbocycles. The first kappa shape index (κ1) is 27.6. The number of nitrogens with zero attached hydrogens (tertiary/aromatic N) is 5. The van der Waals surface area contributed by atoms with Crippen LogP contribution >= 0.6 is 0 Å². The van der Waals surface area contributed by atoms with Crippen LogP contribution in [-0.4, -0.2) is 47.1 Å². The number of methoxy groups -OCH3 is 2. The molecule has 216 valence electrons. The van der Waals surface area contributed by atoms with Crippen molar-refractivity contribution in [2.75, 3.05) is 32.2 Å². The lowest BCUT2D eigenvalue weighted by atomic mass is 9.72. The Morgan fingerprint density at radius 2 is 1.63 bits per heavy atom. The molecule has 7 nitrogen and oxygen atoms in total. The molecule has 7 heteroatoms. The maximum Gasteiger partial charge on any atom is 0.189 e. The molecule has 0 amide bonds. The van der Waals surface area contributed by atoms with Gasteiger partial charge in [0.05, 0.1) is 25.5 Å². The third-order valence-corrected chi connectivity index (χ3v) is 8.68. The van der Waals surface area contributed by atoms with Gasteiger partial charge in [0.2, 0.25) is 0 Å². The molecule has 6 rings (SSSR count). The summed E-state index contributed by atoms with van der Waals surface area (Å²) in [6.45, 7) is 20.7. The number of hydrogen-bond acceptors (Lipinski definition) is 6. The van der Waals surface area contributed by atoms with E-state index in [-0.39, 0.29) is 16.2 Å². The van der Waals surface area contributed by atoms with Gasteiger partial charge in [0.1, 0.15) is 11.5 Å². The fourth-order valence-corrected chi connectivity index (χ4v) is 6.96. The molecule has 0 aliphatic carbocycles. The molecule has 2 aliphatic heterocycles. The van der Waals surface area contributed by atoms with Crippen molar-refractivity contribution in [1.82, 2.24) is 19.8 Å². The van der Waals surface area contributed by atoms with Gasteiger partial charge in [0, 0.05) is 29.4 Å². The first-order chi connectivity index (χ1) is 19.2. The molecule has 0 bridgehead atoms. The van der Waals surface area contributed by atoms with Gasteiger partial charge in [-0.15, -0.1) is 10.2 Å². The first-order valence-electron chi connectivity index (χ1n) is 14.6. The number of rotatable bonds is 4. The number of aromatic nitrogens is 4. The summed E-state index contributed by atoms with van der Waals surface area (Å²) >= 11 is 0. The van der Waals surface area contributed by atoms with Crippen LogP contribution in [0.25, 0.3) is 23.1 Å². The quantitative estimate of drug-likeness (QED) is 0.312. The second-order valence-corrected chi connectivity index (χ2v) is 14.6. The summed E-state index contributed by atoms with van der Waals surface area (Å²) < 4.78 is 13.1. The molecule has 0 spiro atoms. The summed E-state index contributed by atoms with van der Waals surface area (Å²) in [5, 5.41) is 15.5. The van der Waals surface area contributed by atoms with Gasteiger partial charge in [0.15, 0.2) is 11.5 Å². The summed E-state index contributed by atoms with van der Waals surface area (Å²) in [5.74, 6) is 2.06. The fraction of sp³-hybridized carbons (Fsp3) is 0.500. The molecular formula is C34H43N5O2. The molecule has 0 fully saturated rings. The molecule has 0 unspecified atom stereocenters. The van der Waals surface area contributed by atoms with E-state index in [2.05, 4.69) is 77.5 Å². The van der Waals surface area contributed by atoms with Gasteiger partial charge in [-0.2, -0.15) is 9.61 Å². The van der Waals surface area contributed by atoms with Gasteiger partial charge in [-0.05, 0) is 83.2 Å². The maximum atomic E-state index is 5.68. The highest BCUT2D eigenvalue weighted by Gasteiger charge is 2.39. The summed E-state index contributed by atoms with van der Waals surface area (Å²) in [6, 6.07) is 8.13. The van der Waals surface area contributed by atoms with Crippen molar-refractivity contribution < 1.29 is 9.47 Å². The third kappa shape index (κ3) is 4.63. The minimum absolute atomic E-state index is 0.195. The largest absolute Gasteiger partial charge is 0.497 e. The molecule has 4 heterocycles. The lowest BCUT2D eigenvalue weighted by Crippen LogP contribution is -2.48. The Bertz CT molecular complexity index is 1720. The van der Waals surface area contributed by atoms with Crippen molar-refractivity contribution in [2.24, 2.45) is 10.8 Å². The van der Waals surface area contributed by atoms with E-state index < -0.39 is 0 Å². The molecular weight excluding hydrogens is 510 g/mol. The molecule has 0 atom stereocenters. The van der Waals surface area contributed by atoms with Gasteiger partial charge in [-0.1, -0.05) is 48.5 Å². The summed E-state index contributed by atoms with van der Waals surface area (Å²) in [4.78, 5) is 2.66. The highest BCUT2D eigenvalue weighted by Crippen LogP contribution is 2.47.